The first-order chi connectivity index (χ1) is 11.6. The van der Waals surface area contributed by atoms with Crippen molar-refractivity contribution in [3.8, 4) is 0 Å². The molecule has 7 heteroatoms. The summed E-state index contributed by atoms with van der Waals surface area (Å²) >= 11 is 0. The van der Waals surface area contributed by atoms with Crippen molar-refractivity contribution in [2.75, 3.05) is 4.90 Å². The molecule has 2 atom stereocenters. The van der Waals surface area contributed by atoms with E-state index >= 15 is 0 Å². The topological polar surface area (TPSA) is 90.5 Å². The second-order valence-corrected chi connectivity index (χ2v) is 7.54. The number of fused-ring (bicyclic) bond motifs is 3. The maximum atomic E-state index is 12.6. The number of imidazole rings is 1. The molecule has 25 heavy (non-hydrogen) atoms. The van der Waals surface area contributed by atoms with Gasteiger partial charge < -0.3 is 15.4 Å². The molecule has 2 heterocycles. The Hall–Kier alpha value is -2.41. The van der Waals surface area contributed by atoms with Crippen LogP contribution in [0.3, 0.4) is 0 Å². The van der Waals surface area contributed by atoms with Crippen molar-refractivity contribution >= 4 is 28.7 Å². The zero-order chi connectivity index (χ0) is 18.5. The van der Waals surface area contributed by atoms with Gasteiger partial charge >= 0.3 is 6.09 Å². The maximum absolute atomic E-state index is 12.6. The Morgan fingerprint density at radius 1 is 1.32 bits per heavy atom. The van der Waals surface area contributed by atoms with Gasteiger partial charge in [0.15, 0.2) is 0 Å². The largest absolute Gasteiger partial charge is 0.443 e. The Balaban J connectivity index is 2.21. The van der Waals surface area contributed by atoms with Crippen LogP contribution in [0.1, 0.15) is 52.6 Å². The molecule has 0 fully saturated rings. The van der Waals surface area contributed by atoms with E-state index in [0.717, 1.165) is 11.3 Å². The summed E-state index contributed by atoms with van der Waals surface area (Å²) in [7, 11) is 0. The Bertz CT molecular complexity index is 850. The number of hydrogen-bond donors (Lipinski definition) is 1. The van der Waals surface area contributed by atoms with Crippen LogP contribution < -0.4 is 10.6 Å². The second kappa shape index (κ2) is 5.84. The predicted octanol–water partition coefficient (Wildman–Crippen LogP) is 2.96. The quantitative estimate of drug-likeness (QED) is 0.793. The van der Waals surface area contributed by atoms with Gasteiger partial charge in [0.2, 0.25) is 5.91 Å². The molecule has 2 aromatic rings. The van der Waals surface area contributed by atoms with Crippen molar-refractivity contribution in [2.24, 2.45) is 5.73 Å². The summed E-state index contributed by atoms with van der Waals surface area (Å²) in [6.45, 7) is 8.94. The van der Waals surface area contributed by atoms with Crippen molar-refractivity contribution in [1.29, 1.82) is 0 Å². The highest BCUT2D eigenvalue weighted by Crippen LogP contribution is 2.40. The lowest BCUT2D eigenvalue weighted by atomic mass is 9.91. The number of amides is 1. The Morgan fingerprint density at radius 3 is 2.60 bits per heavy atom. The van der Waals surface area contributed by atoms with Crippen LogP contribution in [0.25, 0.3) is 11.0 Å². The first-order valence-corrected chi connectivity index (χ1v) is 8.39. The number of nitrogens with two attached hydrogens (primary N) is 1. The van der Waals surface area contributed by atoms with Crippen molar-refractivity contribution < 1.29 is 14.3 Å². The molecule has 1 aliphatic rings. The van der Waals surface area contributed by atoms with Crippen molar-refractivity contribution in [2.45, 2.75) is 58.7 Å². The number of anilines is 1. The van der Waals surface area contributed by atoms with E-state index in [0.29, 0.717) is 17.5 Å². The molecule has 1 amide bonds. The molecule has 0 unspecified atom stereocenters. The van der Waals surface area contributed by atoms with Crippen LogP contribution in [0.15, 0.2) is 18.5 Å². The minimum Gasteiger partial charge on any atom is -0.443 e. The van der Waals surface area contributed by atoms with E-state index in [2.05, 4.69) is 4.98 Å². The van der Waals surface area contributed by atoms with E-state index in [1.165, 1.54) is 17.8 Å². The van der Waals surface area contributed by atoms with Crippen LogP contribution >= 0.6 is 0 Å². The van der Waals surface area contributed by atoms with Gasteiger partial charge in [-0.05, 0) is 46.2 Å². The van der Waals surface area contributed by atoms with Crippen LogP contribution in [0, 0.1) is 0 Å². The molecule has 1 aromatic heterocycles. The molecule has 0 bridgehead atoms. The highest BCUT2D eigenvalue weighted by atomic mass is 16.6. The summed E-state index contributed by atoms with van der Waals surface area (Å²) in [6, 6.07) is 3.36. The van der Waals surface area contributed by atoms with Gasteiger partial charge in [-0.1, -0.05) is 0 Å². The second-order valence-electron chi connectivity index (χ2n) is 7.54. The molecule has 134 valence electrons. The molecule has 0 radical (unpaired) electrons. The Labute approximate surface area is 146 Å². The fourth-order valence-corrected chi connectivity index (χ4v) is 3.45. The Kier molecular flexibility index (Phi) is 4.07. The molecular formula is C18H24N4O3. The SMILES string of the molecule is CC(=O)N1c2ccc3ncn(C(=O)OC(C)(C)C)c3c2[C@@H](N)C[C@H]1C. The number of rotatable bonds is 0. The highest BCUT2D eigenvalue weighted by Gasteiger charge is 2.34. The fourth-order valence-electron chi connectivity index (χ4n) is 3.45. The molecule has 3 rings (SSSR count). The van der Waals surface area contributed by atoms with Gasteiger partial charge in [-0.15, -0.1) is 0 Å². The molecule has 1 aliphatic heterocycles. The zero-order valence-electron chi connectivity index (χ0n) is 15.2. The van der Waals surface area contributed by atoms with Gasteiger partial charge in [0.1, 0.15) is 11.9 Å². The first kappa shape index (κ1) is 17.4. The zero-order valence-corrected chi connectivity index (χ0v) is 15.2. The molecule has 1 aromatic carbocycles. The molecule has 0 spiro atoms. The lowest BCUT2D eigenvalue weighted by Gasteiger charge is -2.38. The lowest BCUT2D eigenvalue weighted by molar-refractivity contribution is -0.117. The average molecular weight is 344 g/mol. The number of nitrogens with zero attached hydrogens (tertiary/aromatic N) is 3. The number of hydrogen-bond acceptors (Lipinski definition) is 5. The highest BCUT2D eigenvalue weighted by molar-refractivity contribution is 5.99. The van der Waals surface area contributed by atoms with Crippen LogP contribution in [-0.2, 0) is 9.53 Å². The van der Waals surface area contributed by atoms with Crippen LogP contribution in [-0.4, -0.2) is 33.2 Å². The fraction of sp³-hybridized carbons (Fsp3) is 0.500. The van der Waals surface area contributed by atoms with E-state index in [1.54, 1.807) is 11.0 Å². The normalized spacial score (nSPS) is 20.5. The standard InChI is InChI=1S/C18H24N4O3/c1-10-8-12(19)15-14(22(10)11(2)23)7-6-13-16(15)21(9-20-13)17(24)25-18(3,4)5/h6-7,9-10,12H,8,19H2,1-5H3/t10-,12+/m1/s1. The molecule has 0 aliphatic carbocycles. The molecule has 7 nitrogen and oxygen atoms in total. The van der Waals surface area contributed by atoms with E-state index < -0.39 is 11.7 Å². The number of carbonyl (C=O) groups excluding carboxylic acids is 2. The number of carbonyl (C=O) groups is 2. The van der Waals surface area contributed by atoms with Gasteiger partial charge in [0.05, 0.1) is 16.7 Å². The predicted molar refractivity (Wildman–Crippen MR) is 95.5 cm³/mol. The summed E-state index contributed by atoms with van der Waals surface area (Å²) in [5, 5.41) is 0. The van der Waals surface area contributed by atoms with E-state index in [1.807, 2.05) is 33.8 Å². The van der Waals surface area contributed by atoms with Crippen LogP contribution in [0.2, 0.25) is 0 Å². The van der Waals surface area contributed by atoms with Gasteiger partial charge in [0, 0.05) is 24.6 Å². The smallest absolute Gasteiger partial charge is 0.420 e. The molecule has 0 saturated heterocycles. The maximum Gasteiger partial charge on any atom is 0.420 e. The average Bonchev–Trinajstić information content (AvgIpc) is 2.88. The van der Waals surface area contributed by atoms with Gasteiger partial charge in [0.25, 0.3) is 0 Å². The third-order valence-corrected chi connectivity index (χ3v) is 4.32. The minimum absolute atomic E-state index is 0.00431. The van der Waals surface area contributed by atoms with E-state index in [-0.39, 0.29) is 18.0 Å². The molecule has 0 saturated carbocycles. The Morgan fingerprint density at radius 2 is 2.00 bits per heavy atom. The summed E-state index contributed by atoms with van der Waals surface area (Å²) < 4.78 is 6.86. The monoisotopic (exact) mass is 344 g/mol. The minimum atomic E-state index is -0.620. The van der Waals surface area contributed by atoms with E-state index in [9.17, 15) is 9.59 Å². The van der Waals surface area contributed by atoms with Gasteiger partial charge in [-0.2, -0.15) is 0 Å². The summed E-state index contributed by atoms with van der Waals surface area (Å²) in [6.07, 6.45) is 1.55. The summed E-state index contributed by atoms with van der Waals surface area (Å²) in [5.41, 5.74) is 8.52. The first-order valence-electron chi connectivity index (χ1n) is 8.39. The van der Waals surface area contributed by atoms with Gasteiger partial charge in [-0.3, -0.25) is 4.79 Å². The van der Waals surface area contributed by atoms with Crippen LogP contribution in [0.4, 0.5) is 10.5 Å². The lowest BCUT2D eigenvalue weighted by Crippen LogP contribution is -2.43. The van der Waals surface area contributed by atoms with Crippen LogP contribution in [0.5, 0.6) is 0 Å². The van der Waals surface area contributed by atoms with Gasteiger partial charge in [-0.25, -0.2) is 14.3 Å². The van der Waals surface area contributed by atoms with Crippen molar-refractivity contribution in [1.82, 2.24) is 9.55 Å². The number of aromatic nitrogens is 2. The third-order valence-electron chi connectivity index (χ3n) is 4.32. The summed E-state index contributed by atoms with van der Waals surface area (Å²) in [4.78, 5) is 30.7. The number of ether oxygens (including phenoxy) is 1. The van der Waals surface area contributed by atoms with Crippen molar-refractivity contribution in [3.63, 3.8) is 0 Å². The molecular weight excluding hydrogens is 320 g/mol. The number of benzene rings is 1. The summed E-state index contributed by atoms with van der Waals surface area (Å²) in [5.74, 6) is -0.0525. The van der Waals surface area contributed by atoms with E-state index in [4.69, 9.17) is 10.5 Å². The van der Waals surface area contributed by atoms with Crippen molar-refractivity contribution in [3.05, 3.63) is 24.0 Å². The molecule has 2 N–H and O–H groups in total. The third kappa shape index (κ3) is 3.00.